The molecule has 3 N–H and O–H groups in total. The Hall–Kier alpha value is -2.11. The first-order chi connectivity index (χ1) is 10.1. The Bertz CT molecular complexity index is 602. The molecule has 0 amide bonds. The molecule has 0 bridgehead atoms. The lowest BCUT2D eigenvalue weighted by Gasteiger charge is -2.13. The summed E-state index contributed by atoms with van der Waals surface area (Å²) >= 11 is 0. The third-order valence-corrected chi connectivity index (χ3v) is 3.20. The zero-order valence-electron chi connectivity index (χ0n) is 12.2. The number of ether oxygens (including phenoxy) is 1. The minimum absolute atomic E-state index is 0.156. The second-order valence-electron chi connectivity index (χ2n) is 4.84. The Kier molecular flexibility index (Phi) is 5.14. The monoisotopic (exact) mass is 288 g/mol. The van der Waals surface area contributed by atoms with Gasteiger partial charge >= 0.3 is 0 Å². The van der Waals surface area contributed by atoms with Gasteiger partial charge in [-0.25, -0.2) is 0 Å². The summed E-state index contributed by atoms with van der Waals surface area (Å²) in [7, 11) is 1.59. The number of hydrogen-bond acceptors (Lipinski definition) is 5. The SMILES string of the molecule is COc1cccc(C(O)CNCc2nc(C)ccc2O)c1. The molecular weight excluding hydrogens is 268 g/mol. The number of rotatable bonds is 6. The van der Waals surface area contributed by atoms with Gasteiger partial charge in [0.15, 0.2) is 0 Å². The van der Waals surface area contributed by atoms with E-state index in [1.165, 1.54) is 0 Å². The summed E-state index contributed by atoms with van der Waals surface area (Å²) in [6.45, 7) is 2.63. The van der Waals surface area contributed by atoms with Gasteiger partial charge in [-0.2, -0.15) is 0 Å². The van der Waals surface area contributed by atoms with Crippen molar-refractivity contribution in [2.75, 3.05) is 13.7 Å². The first-order valence-electron chi connectivity index (χ1n) is 6.78. The van der Waals surface area contributed by atoms with Crippen molar-refractivity contribution >= 4 is 0 Å². The average molecular weight is 288 g/mol. The summed E-state index contributed by atoms with van der Waals surface area (Å²) in [6.07, 6.45) is -0.646. The van der Waals surface area contributed by atoms with Gasteiger partial charge in [-0.3, -0.25) is 4.98 Å². The van der Waals surface area contributed by atoms with Gasteiger partial charge in [0.2, 0.25) is 0 Å². The van der Waals surface area contributed by atoms with Crippen molar-refractivity contribution < 1.29 is 14.9 Å². The van der Waals surface area contributed by atoms with Crippen LogP contribution in [0.25, 0.3) is 0 Å². The Balaban J connectivity index is 1.91. The number of aromatic nitrogens is 1. The van der Waals surface area contributed by atoms with Crippen molar-refractivity contribution in [3.05, 3.63) is 53.3 Å². The summed E-state index contributed by atoms with van der Waals surface area (Å²) in [5, 5.41) is 22.9. The van der Waals surface area contributed by atoms with E-state index in [4.69, 9.17) is 4.74 Å². The molecule has 1 aromatic heterocycles. The third kappa shape index (κ3) is 4.18. The number of aromatic hydroxyl groups is 1. The Morgan fingerprint density at radius 2 is 2.10 bits per heavy atom. The van der Waals surface area contributed by atoms with E-state index in [0.717, 1.165) is 11.3 Å². The van der Waals surface area contributed by atoms with Gasteiger partial charge in [0.25, 0.3) is 0 Å². The number of pyridine rings is 1. The molecule has 2 aromatic rings. The minimum Gasteiger partial charge on any atom is -0.506 e. The van der Waals surface area contributed by atoms with Crippen LogP contribution < -0.4 is 10.1 Å². The first-order valence-corrected chi connectivity index (χ1v) is 6.78. The van der Waals surface area contributed by atoms with E-state index in [-0.39, 0.29) is 5.75 Å². The van der Waals surface area contributed by atoms with Crippen LogP contribution in [0.3, 0.4) is 0 Å². The van der Waals surface area contributed by atoms with E-state index in [9.17, 15) is 10.2 Å². The number of nitrogens with zero attached hydrogens (tertiary/aromatic N) is 1. The van der Waals surface area contributed by atoms with Crippen molar-refractivity contribution in [1.29, 1.82) is 0 Å². The number of hydrogen-bond donors (Lipinski definition) is 3. The largest absolute Gasteiger partial charge is 0.506 e. The maximum atomic E-state index is 10.1. The smallest absolute Gasteiger partial charge is 0.138 e. The molecule has 5 nitrogen and oxygen atoms in total. The van der Waals surface area contributed by atoms with Gasteiger partial charge in [-0.15, -0.1) is 0 Å². The topological polar surface area (TPSA) is 74.6 Å². The van der Waals surface area contributed by atoms with Crippen LogP contribution in [-0.2, 0) is 6.54 Å². The molecule has 0 aliphatic heterocycles. The van der Waals surface area contributed by atoms with E-state index in [1.54, 1.807) is 25.3 Å². The third-order valence-electron chi connectivity index (χ3n) is 3.20. The molecule has 1 aromatic carbocycles. The van der Waals surface area contributed by atoms with E-state index >= 15 is 0 Å². The Morgan fingerprint density at radius 1 is 1.29 bits per heavy atom. The maximum Gasteiger partial charge on any atom is 0.138 e. The zero-order valence-corrected chi connectivity index (χ0v) is 12.2. The van der Waals surface area contributed by atoms with Crippen LogP contribution in [0.15, 0.2) is 36.4 Å². The second kappa shape index (κ2) is 7.06. The maximum absolute atomic E-state index is 10.1. The summed E-state index contributed by atoms with van der Waals surface area (Å²) in [6, 6.07) is 10.7. The highest BCUT2D eigenvalue weighted by Gasteiger charge is 2.09. The van der Waals surface area contributed by atoms with Gasteiger partial charge in [0.05, 0.1) is 18.9 Å². The van der Waals surface area contributed by atoms with Crippen LogP contribution in [0.1, 0.15) is 23.1 Å². The fourth-order valence-electron chi connectivity index (χ4n) is 2.03. The Morgan fingerprint density at radius 3 is 2.86 bits per heavy atom. The molecule has 1 heterocycles. The van der Waals surface area contributed by atoms with Gasteiger partial charge in [-0.1, -0.05) is 12.1 Å². The van der Waals surface area contributed by atoms with Crippen molar-refractivity contribution in [2.45, 2.75) is 19.6 Å². The quantitative estimate of drug-likeness (QED) is 0.757. The number of aliphatic hydroxyl groups is 1. The van der Waals surface area contributed by atoms with Gasteiger partial charge in [0, 0.05) is 18.8 Å². The number of methoxy groups -OCH3 is 1. The van der Waals surface area contributed by atoms with Crippen LogP contribution in [0.2, 0.25) is 0 Å². The summed E-state index contributed by atoms with van der Waals surface area (Å²) < 4.78 is 5.13. The van der Waals surface area contributed by atoms with Gasteiger partial charge < -0.3 is 20.3 Å². The second-order valence-corrected chi connectivity index (χ2v) is 4.84. The average Bonchev–Trinajstić information content (AvgIpc) is 2.50. The van der Waals surface area contributed by atoms with Crippen LogP contribution in [0, 0.1) is 6.92 Å². The standard InChI is InChI=1S/C16H20N2O3/c1-11-6-7-15(19)14(18-11)9-17-10-16(20)12-4-3-5-13(8-12)21-2/h3-8,16-17,19-20H,9-10H2,1-2H3. The Labute approximate surface area is 124 Å². The lowest BCUT2D eigenvalue weighted by molar-refractivity contribution is 0.173. The predicted molar refractivity (Wildman–Crippen MR) is 80.3 cm³/mol. The van der Waals surface area contributed by atoms with Crippen molar-refractivity contribution in [1.82, 2.24) is 10.3 Å². The van der Waals surface area contributed by atoms with Crippen LogP contribution >= 0.6 is 0 Å². The highest BCUT2D eigenvalue weighted by Crippen LogP contribution is 2.19. The highest BCUT2D eigenvalue weighted by molar-refractivity contribution is 5.30. The van der Waals surface area contributed by atoms with E-state index < -0.39 is 6.10 Å². The number of aryl methyl sites for hydroxylation is 1. The predicted octanol–water partition coefficient (Wildman–Crippen LogP) is 1.93. The van der Waals surface area contributed by atoms with Crippen LogP contribution in [0.4, 0.5) is 0 Å². The first kappa shape index (κ1) is 15.3. The molecule has 0 aliphatic rings. The van der Waals surface area contributed by atoms with E-state index in [2.05, 4.69) is 10.3 Å². The molecule has 0 saturated carbocycles. The summed E-state index contributed by atoms with van der Waals surface area (Å²) in [5.74, 6) is 0.869. The van der Waals surface area contributed by atoms with Gasteiger partial charge in [-0.05, 0) is 36.8 Å². The number of nitrogens with one attached hydrogen (secondary N) is 1. The van der Waals surface area contributed by atoms with Crippen molar-refractivity contribution in [2.24, 2.45) is 0 Å². The van der Waals surface area contributed by atoms with Gasteiger partial charge in [0.1, 0.15) is 11.5 Å². The normalized spacial score (nSPS) is 12.1. The highest BCUT2D eigenvalue weighted by atomic mass is 16.5. The fourth-order valence-corrected chi connectivity index (χ4v) is 2.03. The zero-order chi connectivity index (χ0) is 15.2. The van der Waals surface area contributed by atoms with E-state index in [1.807, 2.05) is 25.1 Å². The fraction of sp³-hybridized carbons (Fsp3) is 0.312. The molecule has 0 fully saturated rings. The molecule has 0 saturated heterocycles. The molecule has 0 aliphatic carbocycles. The lowest BCUT2D eigenvalue weighted by Crippen LogP contribution is -2.21. The summed E-state index contributed by atoms with van der Waals surface area (Å²) in [4.78, 5) is 4.26. The van der Waals surface area contributed by atoms with Crippen LogP contribution in [0.5, 0.6) is 11.5 Å². The number of aliphatic hydroxyl groups excluding tert-OH is 1. The molecule has 2 rings (SSSR count). The minimum atomic E-state index is -0.646. The molecule has 112 valence electrons. The molecule has 1 atom stereocenters. The van der Waals surface area contributed by atoms with Crippen LogP contribution in [-0.4, -0.2) is 28.9 Å². The molecule has 1 unspecified atom stereocenters. The molecule has 0 radical (unpaired) electrons. The number of benzene rings is 1. The molecular formula is C16H20N2O3. The van der Waals surface area contributed by atoms with Crippen molar-refractivity contribution in [3.8, 4) is 11.5 Å². The molecule has 0 spiro atoms. The lowest BCUT2D eigenvalue weighted by atomic mass is 10.1. The summed E-state index contributed by atoms with van der Waals surface area (Å²) in [5.41, 5.74) is 2.20. The molecule has 21 heavy (non-hydrogen) atoms. The van der Waals surface area contributed by atoms with E-state index in [0.29, 0.717) is 24.5 Å². The van der Waals surface area contributed by atoms with Crippen molar-refractivity contribution in [3.63, 3.8) is 0 Å². The molecule has 5 heteroatoms.